The maximum Gasteiger partial charge on any atom is 0.125 e. The molecule has 0 bridgehead atoms. The third-order valence-corrected chi connectivity index (χ3v) is 4.12. The molecule has 0 radical (unpaired) electrons. The van der Waals surface area contributed by atoms with Gasteiger partial charge in [-0.1, -0.05) is 0 Å². The molecule has 8 heteroatoms. The van der Waals surface area contributed by atoms with Gasteiger partial charge in [0.25, 0.3) is 0 Å². The van der Waals surface area contributed by atoms with Gasteiger partial charge in [-0.3, -0.25) is 4.90 Å². The summed E-state index contributed by atoms with van der Waals surface area (Å²) in [5.74, 6) is 1.20. The van der Waals surface area contributed by atoms with E-state index < -0.39 is 0 Å². The zero-order valence-electron chi connectivity index (χ0n) is 12.6. The van der Waals surface area contributed by atoms with E-state index in [1.165, 1.54) is 37.7 Å². The molecule has 1 fully saturated rings. The number of aromatic nitrogens is 2. The Morgan fingerprint density at radius 3 is 2.48 bits per heavy atom. The van der Waals surface area contributed by atoms with Crippen LogP contribution in [0.4, 0.5) is 0 Å². The number of likely N-dealkylation sites (N-methyl/N-ethyl adjacent to an activating group) is 1. The average Bonchev–Trinajstić information content (AvgIpc) is 2.77. The maximum absolute atomic E-state index is 4.58. The highest BCUT2D eigenvalue weighted by atomic mass is 35.5. The van der Waals surface area contributed by atoms with E-state index in [-0.39, 0.29) is 37.2 Å². The second-order valence-corrected chi connectivity index (χ2v) is 5.51. The summed E-state index contributed by atoms with van der Waals surface area (Å²) in [6, 6.07) is 0.389. The molecule has 1 aromatic heterocycles. The molecule has 21 heavy (non-hydrogen) atoms. The van der Waals surface area contributed by atoms with Crippen LogP contribution in [-0.2, 0) is 13.1 Å². The summed E-state index contributed by atoms with van der Waals surface area (Å²) >= 11 is 0. The fourth-order valence-electron chi connectivity index (χ4n) is 2.88. The predicted octanol–water partition coefficient (Wildman–Crippen LogP) is 1.56. The highest BCUT2D eigenvalue weighted by Gasteiger charge is 2.21. The Morgan fingerprint density at radius 1 is 1.14 bits per heavy atom. The van der Waals surface area contributed by atoms with Crippen LogP contribution in [0, 0.1) is 0 Å². The minimum Gasteiger partial charge on any atom is -0.328 e. The topological polar surface area (TPSA) is 36.3 Å². The molecule has 1 N–H and O–H groups in total. The molecule has 0 spiro atoms. The molecule has 1 atom stereocenters. The molecule has 5 nitrogen and oxygen atoms in total. The van der Waals surface area contributed by atoms with Gasteiger partial charge in [0.2, 0.25) is 0 Å². The van der Waals surface area contributed by atoms with Crippen LogP contribution >= 0.6 is 37.2 Å². The second kappa shape index (κ2) is 9.18. The van der Waals surface area contributed by atoms with Gasteiger partial charge in [0.1, 0.15) is 5.82 Å². The van der Waals surface area contributed by atoms with Crippen molar-refractivity contribution in [3.63, 3.8) is 0 Å². The molecule has 2 aliphatic heterocycles. The van der Waals surface area contributed by atoms with E-state index >= 15 is 0 Å². The molecule has 3 rings (SSSR count). The largest absolute Gasteiger partial charge is 0.328 e. The van der Waals surface area contributed by atoms with E-state index in [1.807, 2.05) is 0 Å². The number of piperazine rings is 1. The van der Waals surface area contributed by atoms with Crippen molar-refractivity contribution >= 4 is 37.2 Å². The van der Waals surface area contributed by atoms with Crippen LogP contribution in [0.25, 0.3) is 0 Å². The first kappa shape index (κ1) is 21.0. The van der Waals surface area contributed by atoms with Crippen LogP contribution in [0.2, 0.25) is 0 Å². The monoisotopic (exact) mass is 357 g/mol. The molecule has 1 unspecified atom stereocenters. The average molecular weight is 359 g/mol. The summed E-state index contributed by atoms with van der Waals surface area (Å²) in [6.07, 6.45) is 2.07. The first-order valence-electron chi connectivity index (χ1n) is 6.92. The summed E-state index contributed by atoms with van der Waals surface area (Å²) in [5.41, 5.74) is 1.38. The number of nitrogens with one attached hydrogen (secondary N) is 1. The second-order valence-electron chi connectivity index (χ2n) is 5.51. The van der Waals surface area contributed by atoms with E-state index in [2.05, 4.69) is 44.8 Å². The molecule has 0 saturated carbocycles. The van der Waals surface area contributed by atoms with Crippen molar-refractivity contribution in [1.29, 1.82) is 0 Å². The van der Waals surface area contributed by atoms with Crippen molar-refractivity contribution in [3.8, 4) is 0 Å². The number of nitrogens with zero attached hydrogens (tertiary/aromatic N) is 4. The highest BCUT2D eigenvalue weighted by Crippen LogP contribution is 2.18. The minimum absolute atomic E-state index is 0. The number of imidazole rings is 1. The lowest BCUT2D eigenvalue weighted by Crippen LogP contribution is -2.44. The number of hydrogen-bond acceptors (Lipinski definition) is 4. The molecule has 2 aliphatic rings. The van der Waals surface area contributed by atoms with E-state index in [0.717, 1.165) is 19.6 Å². The van der Waals surface area contributed by atoms with Crippen molar-refractivity contribution in [2.24, 2.45) is 0 Å². The summed E-state index contributed by atoms with van der Waals surface area (Å²) in [5, 5.41) is 3.46. The van der Waals surface area contributed by atoms with Crippen molar-refractivity contribution in [1.82, 2.24) is 24.7 Å². The zero-order valence-corrected chi connectivity index (χ0v) is 15.1. The molecule has 0 aromatic carbocycles. The summed E-state index contributed by atoms with van der Waals surface area (Å²) in [6.45, 7) is 10.1. The third-order valence-electron chi connectivity index (χ3n) is 4.12. The molecule has 124 valence electrons. The summed E-state index contributed by atoms with van der Waals surface area (Å²) < 4.78 is 2.40. The van der Waals surface area contributed by atoms with Crippen LogP contribution < -0.4 is 5.32 Å². The Labute approximate surface area is 145 Å². The first-order valence-corrected chi connectivity index (χ1v) is 6.92. The smallest absolute Gasteiger partial charge is 0.125 e. The van der Waals surface area contributed by atoms with Crippen molar-refractivity contribution in [2.45, 2.75) is 26.1 Å². The van der Waals surface area contributed by atoms with Crippen LogP contribution in [0.1, 0.15) is 24.5 Å². The summed E-state index contributed by atoms with van der Waals surface area (Å²) in [7, 11) is 2.20. The Kier molecular flexibility index (Phi) is 9.16. The van der Waals surface area contributed by atoms with Crippen molar-refractivity contribution < 1.29 is 0 Å². The van der Waals surface area contributed by atoms with Gasteiger partial charge in [-0.25, -0.2) is 4.98 Å². The van der Waals surface area contributed by atoms with Gasteiger partial charge < -0.3 is 14.8 Å². The lowest BCUT2D eigenvalue weighted by atomic mass is 10.2. The quantitative estimate of drug-likeness (QED) is 0.870. The number of fused-ring (bicyclic) bond motifs is 1. The molecule has 0 amide bonds. The predicted molar refractivity (Wildman–Crippen MR) is 93.2 cm³/mol. The van der Waals surface area contributed by atoms with Gasteiger partial charge in [-0.05, 0) is 14.0 Å². The van der Waals surface area contributed by atoms with E-state index in [0.29, 0.717) is 6.04 Å². The first-order chi connectivity index (χ1) is 8.74. The van der Waals surface area contributed by atoms with Gasteiger partial charge in [-0.2, -0.15) is 0 Å². The van der Waals surface area contributed by atoms with Crippen LogP contribution in [0.5, 0.6) is 0 Å². The SMILES string of the molecule is CC1NCCn2c(CN3CCN(C)CC3)cnc21.Cl.Cl.Cl. The van der Waals surface area contributed by atoms with Gasteiger partial charge in [0.05, 0.1) is 11.7 Å². The molecule has 1 saturated heterocycles. The van der Waals surface area contributed by atoms with Crippen LogP contribution in [-0.4, -0.2) is 59.1 Å². The fourth-order valence-corrected chi connectivity index (χ4v) is 2.88. The van der Waals surface area contributed by atoms with Gasteiger partial charge in [-0.15, -0.1) is 37.2 Å². The third kappa shape index (κ3) is 4.71. The lowest BCUT2D eigenvalue weighted by Gasteiger charge is -2.33. The number of rotatable bonds is 2. The van der Waals surface area contributed by atoms with Crippen LogP contribution in [0.3, 0.4) is 0 Å². The van der Waals surface area contributed by atoms with Gasteiger partial charge in [0.15, 0.2) is 0 Å². The van der Waals surface area contributed by atoms with Gasteiger partial charge in [0, 0.05) is 52.0 Å². The van der Waals surface area contributed by atoms with E-state index in [4.69, 9.17) is 0 Å². The standard InChI is InChI=1S/C13H23N5.3ClH/c1-11-13-15-9-12(18(13)4-3-14-11)10-17-7-5-16(2)6-8-17;;;/h9,11,14H,3-8,10H2,1-2H3;3*1H. The molecular formula is C13H26Cl3N5. The van der Waals surface area contributed by atoms with Gasteiger partial charge >= 0.3 is 0 Å². The Bertz CT molecular complexity index is 418. The number of hydrogen-bond donors (Lipinski definition) is 1. The molecular weight excluding hydrogens is 333 g/mol. The normalized spacial score (nSPS) is 22.5. The summed E-state index contributed by atoms with van der Waals surface area (Å²) in [4.78, 5) is 9.52. The van der Waals surface area contributed by atoms with Crippen molar-refractivity contribution in [3.05, 3.63) is 17.7 Å². The minimum atomic E-state index is 0. The van der Waals surface area contributed by atoms with Crippen LogP contribution in [0.15, 0.2) is 6.20 Å². The van der Waals surface area contributed by atoms with Crippen molar-refractivity contribution in [2.75, 3.05) is 39.8 Å². The Morgan fingerprint density at radius 2 is 1.81 bits per heavy atom. The van der Waals surface area contributed by atoms with E-state index in [9.17, 15) is 0 Å². The number of halogens is 3. The van der Waals surface area contributed by atoms with E-state index in [1.54, 1.807) is 0 Å². The molecule has 0 aliphatic carbocycles. The molecule has 3 heterocycles. The molecule has 1 aromatic rings. The maximum atomic E-state index is 4.58. The fraction of sp³-hybridized carbons (Fsp3) is 0.769. The lowest BCUT2D eigenvalue weighted by molar-refractivity contribution is 0.145. The zero-order chi connectivity index (χ0) is 12.5. The Balaban J connectivity index is 0.00000133. The Hall–Kier alpha value is -0.0400. The highest BCUT2D eigenvalue weighted by molar-refractivity contribution is 5.86.